The highest BCUT2D eigenvalue weighted by Crippen LogP contribution is 2.21. The molecule has 2 rings (SSSR count). The summed E-state index contributed by atoms with van der Waals surface area (Å²) >= 11 is 5.87. The van der Waals surface area contributed by atoms with Crippen molar-refractivity contribution in [1.29, 1.82) is 0 Å². The molecule has 0 saturated carbocycles. The van der Waals surface area contributed by atoms with E-state index in [0.29, 0.717) is 17.3 Å². The second-order valence-electron chi connectivity index (χ2n) is 4.76. The summed E-state index contributed by atoms with van der Waals surface area (Å²) in [7, 11) is 1.29. The number of amides is 1. The number of benzene rings is 1. The van der Waals surface area contributed by atoms with E-state index in [4.69, 9.17) is 16.3 Å². The summed E-state index contributed by atoms with van der Waals surface area (Å²) in [5.41, 5.74) is 0.657. The fourth-order valence-electron chi connectivity index (χ4n) is 2.17. The number of hydrogen-bond acceptors (Lipinski definition) is 5. The monoisotopic (exact) mass is 311 g/mol. The average molecular weight is 312 g/mol. The maximum absolute atomic E-state index is 12.1. The van der Waals surface area contributed by atoms with Crippen LogP contribution in [-0.4, -0.2) is 56.6 Å². The standard InChI is InChI=1S/C14H18ClN3O3/c1-21-14(20)11-8-10(15)2-3-12(11)17-13(19)9-18-6-4-16-5-7-18/h2-3,8,16H,4-7,9H2,1H3,(H,17,19). The maximum atomic E-state index is 12.1. The van der Waals surface area contributed by atoms with Crippen molar-refractivity contribution in [2.75, 3.05) is 45.2 Å². The van der Waals surface area contributed by atoms with Gasteiger partial charge in [0.05, 0.1) is 24.9 Å². The molecule has 1 fully saturated rings. The van der Waals surface area contributed by atoms with Crippen LogP contribution in [0.2, 0.25) is 5.02 Å². The van der Waals surface area contributed by atoms with Gasteiger partial charge >= 0.3 is 5.97 Å². The lowest BCUT2D eigenvalue weighted by atomic mass is 10.1. The normalized spacial score (nSPS) is 15.5. The molecule has 114 valence electrons. The SMILES string of the molecule is COC(=O)c1cc(Cl)ccc1NC(=O)CN1CCNCC1. The minimum atomic E-state index is -0.532. The molecule has 1 aromatic carbocycles. The molecule has 1 aromatic rings. The first-order valence-electron chi connectivity index (χ1n) is 6.71. The number of carbonyl (C=O) groups is 2. The Morgan fingerprint density at radius 2 is 2.10 bits per heavy atom. The van der Waals surface area contributed by atoms with Gasteiger partial charge in [-0.3, -0.25) is 9.69 Å². The van der Waals surface area contributed by atoms with E-state index in [0.717, 1.165) is 26.2 Å². The molecule has 0 aliphatic carbocycles. The summed E-state index contributed by atoms with van der Waals surface area (Å²) in [5.74, 6) is -0.695. The molecule has 1 aliphatic rings. The molecule has 1 heterocycles. The van der Waals surface area contributed by atoms with Crippen LogP contribution in [-0.2, 0) is 9.53 Å². The van der Waals surface area contributed by atoms with Crippen molar-refractivity contribution >= 4 is 29.2 Å². The number of rotatable bonds is 4. The van der Waals surface area contributed by atoms with Crippen molar-refractivity contribution in [3.8, 4) is 0 Å². The Hall–Kier alpha value is -1.63. The molecular weight excluding hydrogens is 294 g/mol. The van der Waals surface area contributed by atoms with Crippen molar-refractivity contribution in [2.45, 2.75) is 0 Å². The molecule has 21 heavy (non-hydrogen) atoms. The number of nitrogens with one attached hydrogen (secondary N) is 2. The lowest BCUT2D eigenvalue weighted by molar-refractivity contribution is -0.117. The third kappa shape index (κ3) is 4.42. The first-order chi connectivity index (χ1) is 10.1. The summed E-state index contributed by atoms with van der Waals surface area (Å²) in [6.07, 6.45) is 0. The third-order valence-corrected chi connectivity index (χ3v) is 3.47. The minimum Gasteiger partial charge on any atom is -0.465 e. The highest BCUT2D eigenvalue weighted by atomic mass is 35.5. The number of carbonyl (C=O) groups excluding carboxylic acids is 2. The summed E-state index contributed by atoms with van der Waals surface area (Å²) in [5, 5.41) is 6.38. The highest BCUT2D eigenvalue weighted by Gasteiger charge is 2.17. The molecular formula is C14H18ClN3O3. The van der Waals surface area contributed by atoms with Crippen LogP contribution in [0.3, 0.4) is 0 Å². The zero-order valence-electron chi connectivity index (χ0n) is 11.8. The molecule has 0 radical (unpaired) electrons. The lowest BCUT2D eigenvalue weighted by Gasteiger charge is -2.26. The first-order valence-corrected chi connectivity index (χ1v) is 7.08. The Balaban J connectivity index is 2.04. The molecule has 0 unspecified atom stereocenters. The minimum absolute atomic E-state index is 0.163. The van der Waals surface area contributed by atoms with Gasteiger partial charge in [0.15, 0.2) is 0 Å². The van der Waals surface area contributed by atoms with Gasteiger partial charge in [0, 0.05) is 31.2 Å². The lowest BCUT2D eigenvalue weighted by Crippen LogP contribution is -2.46. The molecule has 0 atom stereocenters. The summed E-state index contributed by atoms with van der Waals surface area (Å²) in [6, 6.07) is 4.70. The Morgan fingerprint density at radius 3 is 2.76 bits per heavy atom. The van der Waals surface area contributed by atoms with Gasteiger partial charge in [0.25, 0.3) is 0 Å². The van der Waals surface area contributed by atoms with E-state index in [9.17, 15) is 9.59 Å². The fraction of sp³-hybridized carbons (Fsp3) is 0.429. The number of hydrogen-bond donors (Lipinski definition) is 2. The Labute approximate surface area is 128 Å². The van der Waals surface area contributed by atoms with Crippen molar-refractivity contribution in [3.63, 3.8) is 0 Å². The van der Waals surface area contributed by atoms with Gasteiger partial charge in [0.1, 0.15) is 0 Å². The number of nitrogens with zero attached hydrogens (tertiary/aromatic N) is 1. The van der Waals surface area contributed by atoms with Crippen LogP contribution < -0.4 is 10.6 Å². The van der Waals surface area contributed by atoms with Gasteiger partial charge in [-0.2, -0.15) is 0 Å². The number of halogens is 1. The zero-order valence-corrected chi connectivity index (χ0v) is 12.6. The predicted molar refractivity (Wildman–Crippen MR) is 80.7 cm³/mol. The van der Waals surface area contributed by atoms with E-state index in [1.807, 2.05) is 0 Å². The molecule has 1 aliphatic heterocycles. The van der Waals surface area contributed by atoms with Crippen molar-refractivity contribution in [1.82, 2.24) is 10.2 Å². The molecule has 6 nitrogen and oxygen atoms in total. The Kier molecular flexibility index (Phi) is 5.55. The maximum Gasteiger partial charge on any atom is 0.340 e. The van der Waals surface area contributed by atoms with Gasteiger partial charge in [-0.1, -0.05) is 11.6 Å². The summed E-state index contributed by atoms with van der Waals surface area (Å²) in [6.45, 7) is 3.71. The van der Waals surface area contributed by atoms with Crippen molar-refractivity contribution in [2.24, 2.45) is 0 Å². The van der Waals surface area contributed by atoms with Crippen LogP contribution in [0.5, 0.6) is 0 Å². The molecule has 0 spiro atoms. The summed E-state index contributed by atoms with van der Waals surface area (Å²) < 4.78 is 4.70. The second kappa shape index (κ2) is 7.40. The molecule has 0 bridgehead atoms. The first kappa shape index (κ1) is 15.8. The number of methoxy groups -OCH3 is 1. The topological polar surface area (TPSA) is 70.7 Å². The van der Waals surface area contributed by atoms with Gasteiger partial charge in [-0.15, -0.1) is 0 Å². The van der Waals surface area contributed by atoms with E-state index < -0.39 is 5.97 Å². The highest BCUT2D eigenvalue weighted by molar-refractivity contribution is 6.31. The van der Waals surface area contributed by atoms with Crippen LogP contribution >= 0.6 is 11.6 Å². The smallest absolute Gasteiger partial charge is 0.340 e. The predicted octanol–water partition coefficient (Wildman–Crippen LogP) is 0.970. The molecule has 2 N–H and O–H groups in total. The van der Waals surface area contributed by atoms with E-state index in [-0.39, 0.29) is 11.5 Å². The van der Waals surface area contributed by atoms with Gasteiger partial charge < -0.3 is 15.4 Å². The average Bonchev–Trinajstić information content (AvgIpc) is 2.49. The van der Waals surface area contributed by atoms with E-state index in [1.54, 1.807) is 12.1 Å². The number of anilines is 1. The van der Waals surface area contributed by atoms with Gasteiger partial charge in [-0.25, -0.2) is 4.79 Å². The van der Waals surface area contributed by atoms with Crippen LogP contribution in [0.1, 0.15) is 10.4 Å². The second-order valence-corrected chi connectivity index (χ2v) is 5.19. The van der Waals surface area contributed by atoms with Crippen molar-refractivity contribution in [3.05, 3.63) is 28.8 Å². The molecule has 0 aromatic heterocycles. The van der Waals surface area contributed by atoms with E-state index in [1.165, 1.54) is 13.2 Å². The van der Waals surface area contributed by atoms with Crippen LogP contribution in [0.25, 0.3) is 0 Å². The largest absolute Gasteiger partial charge is 0.465 e. The number of ether oxygens (including phenoxy) is 1. The molecule has 1 saturated heterocycles. The van der Waals surface area contributed by atoms with Gasteiger partial charge in [-0.05, 0) is 18.2 Å². The zero-order chi connectivity index (χ0) is 15.2. The van der Waals surface area contributed by atoms with Crippen LogP contribution in [0.4, 0.5) is 5.69 Å². The molecule has 7 heteroatoms. The van der Waals surface area contributed by atoms with Crippen LogP contribution in [0.15, 0.2) is 18.2 Å². The van der Waals surface area contributed by atoms with E-state index in [2.05, 4.69) is 15.5 Å². The summed E-state index contributed by atoms with van der Waals surface area (Å²) in [4.78, 5) is 25.8. The molecule has 1 amide bonds. The number of piperazine rings is 1. The Morgan fingerprint density at radius 1 is 1.38 bits per heavy atom. The third-order valence-electron chi connectivity index (χ3n) is 3.24. The van der Waals surface area contributed by atoms with E-state index >= 15 is 0 Å². The van der Waals surface area contributed by atoms with Crippen LogP contribution in [0, 0.1) is 0 Å². The Bertz CT molecular complexity index is 530. The van der Waals surface area contributed by atoms with Crippen molar-refractivity contribution < 1.29 is 14.3 Å². The quantitative estimate of drug-likeness (QED) is 0.811. The van der Waals surface area contributed by atoms with Gasteiger partial charge in [0.2, 0.25) is 5.91 Å². The fourth-order valence-corrected chi connectivity index (χ4v) is 2.34. The number of esters is 1.